The van der Waals surface area contributed by atoms with Crippen molar-refractivity contribution in [3.05, 3.63) is 88.4 Å². The fourth-order valence-electron chi connectivity index (χ4n) is 3.99. The van der Waals surface area contributed by atoms with Gasteiger partial charge in [0.15, 0.2) is 0 Å². The highest BCUT2D eigenvalue weighted by atomic mass is 35.5. The largest absolute Gasteiger partial charge is 0.494 e. The maximum absolute atomic E-state index is 13.9. The van der Waals surface area contributed by atoms with Gasteiger partial charge in [-0.15, -0.1) is 0 Å². The van der Waals surface area contributed by atoms with Gasteiger partial charge in [0.2, 0.25) is 11.8 Å². The molecule has 2 amide bonds. The number of hydrogen-bond acceptors (Lipinski definition) is 5. The lowest BCUT2D eigenvalue weighted by Crippen LogP contribution is -2.51. The molecule has 0 heterocycles. The first-order valence-electron chi connectivity index (χ1n) is 13.3. The standard InChI is InChI=1S/C30H35Cl2N3O5S/c1-5-40-25-12-14-26(15-13-25)41(38,39)35(24-9-7-6-8-10-24)20-29(36)34(22(4)30(37)33-18-21(2)3)19-23-11-16-27(31)28(32)17-23/h6-17,21-22H,5,18-20H2,1-4H3,(H,33,37). The van der Waals surface area contributed by atoms with Crippen LogP contribution >= 0.6 is 23.2 Å². The third kappa shape index (κ3) is 8.61. The molecule has 0 saturated heterocycles. The van der Waals surface area contributed by atoms with Gasteiger partial charge in [-0.3, -0.25) is 13.9 Å². The van der Waals surface area contributed by atoms with E-state index in [2.05, 4.69) is 5.32 Å². The first-order chi connectivity index (χ1) is 19.4. The number of carbonyl (C=O) groups is 2. The molecular weight excluding hydrogens is 585 g/mol. The highest BCUT2D eigenvalue weighted by Gasteiger charge is 2.32. The molecule has 0 radical (unpaired) electrons. The SMILES string of the molecule is CCOc1ccc(S(=O)(=O)N(CC(=O)N(Cc2ccc(Cl)c(Cl)c2)C(C)C(=O)NCC(C)C)c2ccccc2)cc1. The Kier molecular flexibility index (Phi) is 11.5. The van der Waals surface area contributed by atoms with Crippen LogP contribution in [0.4, 0.5) is 5.69 Å². The van der Waals surface area contributed by atoms with Gasteiger partial charge in [0.1, 0.15) is 18.3 Å². The monoisotopic (exact) mass is 619 g/mol. The summed E-state index contributed by atoms with van der Waals surface area (Å²) in [6.07, 6.45) is 0. The minimum atomic E-state index is -4.18. The summed E-state index contributed by atoms with van der Waals surface area (Å²) in [5.74, 6) is -0.185. The van der Waals surface area contributed by atoms with Gasteiger partial charge in [0.25, 0.3) is 10.0 Å². The van der Waals surface area contributed by atoms with Crippen molar-refractivity contribution in [1.29, 1.82) is 0 Å². The lowest BCUT2D eigenvalue weighted by molar-refractivity contribution is -0.139. The summed E-state index contributed by atoms with van der Waals surface area (Å²) in [6, 6.07) is 18.4. The third-order valence-corrected chi connectivity index (χ3v) is 8.76. The van der Waals surface area contributed by atoms with Crippen LogP contribution in [0, 0.1) is 5.92 Å². The molecule has 3 aromatic carbocycles. The maximum Gasteiger partial charge on any atom is 0.264 e. The molecule has 0 fully saturated rings. The highest BCUT2D eigenvalue weighted by molar-refractivity contribution is 7.92. The number of anilines is 1. The summed E-state index contributed by atoms with van der Waals surface area (Å²) in [5.41, 5.74) is 0.943. The highest BCUT2D eigenvalue weighted by Crippen LogP contribution is 2.27. The second-order valence-electron chi connectivity index (χ2n) is 9.84. The zero-order valence-corrected chi connectivity index (χ0v) is 25.8. The molecule has 11 heteroatoms. The smallest absolute Gasteiger partial charge is 0.264 e. The maximum atomic E-state index is 13.9. The molecule has 41 heavy (non-hydrogen) atoms. The predicted molar refractivity (Wildman–Crippen MR) is 163 cm³/mol. The number of rotatable bonds is 13. The van der Waals surface area contributed by atoms with Gasteiger partial charge in [0.05, 0.1) is 27.2 Å². The summed E-state index contributed by atoms with van der Waals surface area (Å²) < 4.78 is 34.3. The number of hydrogen-bond donors (Lipinski definition) is 1. The van der Waals surface area contributed by atoms with E-state index in [1.54, 1.807) is 67.6 Å². The van der Waals surface area contributed by atoms with Gasteiger partial charge in [-0.25, -0.2) is 8.42 Å². The molecule has 3 rings (SSSR count). The van der Waals surface area contributed by atoms with Gasteiger partial charge in [0, 0.05) is 13.1 Å². The molecule has 0 aromatic heterocycles. The molecule has 0 aliphatic rings. The average Bonchev–Trinajstić information content (AvgIpc) is 2.95. The summed E-state index contributed by atoms with van der Waals surface area (Å²) in [6.45, 7) is 7.72. The number of carbonyl (C=O) groups excluding carboxylic acids is 2. The van der Waals surface area contributed by atoms with E-state index < -0.39 is 28.5 Å². The number of para-hydroxylation sites is 1. The molecule has 220 valence electrons. The van der Waals surface area contributed by atoms with Crippen molar-refractivity contribution in [2.24, 2.45) is 5.92 Å². The first-order valence-corrected chi connectivity index (χ1v) is 15.4. The minimum absolute atomic E-state index is 0.00337. The normalized spacial score (nSPS) is 12.1. The van der Waals surface area contributed by atoms with Crippen molar-refractivity contribution in [3.63, 3.8) is 0 Å². The van der Waals surface area contributed by atoms with Crippen LogP contribution in [0.15, 0.2) is 77.7 Å². The fraction of sp³-hybridized carbons (Fsp3) is 0.333. The van der Waals surface area contributed by atoms with Crippen LogP contribution in [0.3, 0.4) is 0 Å². The number of amides is 2. The second-order valence-corrected chi connectivity index (χ2v) is 12.5. The average molecular weight is 621 g/mol. The zero-order valence-electron chi connectivity index (χ0n) is 23.5. The van der Waals surface area contributed by atoms with Crippen molar-refractivity contribution in [1.82, 2.24) is 10.2 Å². The van der Waals surface area contributed by atoms with E-state index >= 15 is 0 Å². The van der Waals surface area contributed by atoms with E-state index in [9.17, 15) is 18.0 Å². The van der Waals surface area contributed by atoms with Crippen LogP contribution in [-0.4, -0.2) is 50.9 Å². The van der Waals surface area contributed by atoms with Crippen molar-refractivity contribution in [2.45, 2.75) is 45.2 Å². The predicted octanol–water partition coefficient (Wildman–Crippen LogP) is 5.78. The molecule has 1 unspecified atom stereocenters. The van der Waals surface area contributed by atoms with Gasteiger partial charge in [-0.05, 0) is 73.9 Å². The molecule has 0 spiro atoms. The van der Waals surface area contributed by atoms with Crippen LogP contribution < -0.4 is 14.4 Å². The van der Waals surface area contributed by atoms with E-state index in [0.717, 1.165) is 4.31 Å². The Hall–Kier alpha value is -3.27. The molecular formula is C30H35Cl2N3O5S. The fourth-order valence-corrected chi connectivity index (χ4v) is 5.73. The topological polar surface area (TPSA) is 96.0 Å². The lowest BCUT2D eigenvalue weighted by atomic mass is 10.1. The third-order valence-electron chi connectivity index (χ3n) is 6.23. The second kappa shape index (κ2) is 14.6. The molecule has 0 saturated carbocycles. The van der Waals surface area contributed by atoms with Crippen LogP contribution in [-0.2, 0) is 26.2 Å². The Morgan fingerprint density at radius 3 is 2.17 bits per heavy atom. The molecule has 0 aliphatic heterocycles. The van der Waals surface area contributed by atoms with Gasteiger partial charge in [-0.1, -0.05) is 61.3 Å². The number of halogens is 2. The molecule has 1 N–H and O–H groups in total. The van der Waals surface area contributed by atoms with E-state index in [4.69, 9.17) is 27.9 Å². The summed E-state index contributed by atoms with van der Waals surface area (Å²) in [7, 11) is -4.18. The minimum Gasteiger partial charge on any atom is -0.494 e. The summed E-state index contributed by atoms with van der Waals surface area (Å²) in [4.78, 5) is 28.4. The molecule has 0 aliphatic carbocycles. The van der Waals surface area contributed by atoms with Gasteiger partial charge in [-0.2, -0.15) is 0 Å². The Labute approximate surface area is 252 Å². The van der Waals surface area contributed by atoms with Crippen LogP contribution in [0.1, 0.15) is 33.3 Å². The quantitative estimate of drug-likeness (QED) is 0.262. The number of nitrogens with zero attached hydrogens (tertiary/aromatic N) is 2. The van der Waals surface area contributed by atoms with E-state index in [1.165, 1.54) is 17.0 Å². The zero-order chi connectivity index (χ0) is 30.2. The number of nitrogens with one attached hydrogen (secondary N) is 1. The summed E-state index contributed by atoms with van der Waals surface area (Å²) >= 11 is 12.3. The van der Waals surface area contributed by atoms with E-state index in [1.807, 2.05) is 20.8 Å². The molecule has 1 atom stereocenters. The molecule has 0 bridgehead atoms. The Morgan fingerprint density at radius 2 is 1.59 bits per heavy atom. The Balaban J connectivity index is 1.99. The number of benzene rings is 3. The number of sulfonamides is 1. The van der Waals surface area contributed by atoms with Crippen molar-refractivity contribution < 1.29 is 22.7 Å². The van der Waals surface area contributed by atoms with Gasteiger partial charge < -0.3 is 15.0 Å². The van der Waals surface area contributed by atoms with Crippen molar-refractivity contribution in [2.75, 3.05) is 24.0 Å². The lowest BCUT2D eigenvalue weighted by Gasteiger charge is -2.32. The Bertz CT molecular complexity index is 1430. The van der Waals surface area contributed by atoms with E-state index in [-0.39, 0.29) is 23.3 Å². The van der Waals surface area contributed by atoms with Crippen LogP contribution in [0.2, 0.25) is 10.0 Å². The van der Waals surface area contributed by atoms with Gasteiger partial charge >= 0.3 is 0 Å². The molecule has 8 nitrogen and oxygen atoms in total. The van der Waals surface area contributed by atoms with Crippen LogP contribution in [0.5, 0.6) is 5.75 Å². The number of ether oxygens (including phenoxy) is 1. The summed E-state index contributed by atoms with van der Waals surface area (Å²) in [5, 5.41) is 3.51. The van der Waals surface area contributed by atoms with Crippen molar-refractivity contribution >= 4 is 50.7 Å². The Morgan fingerprint density at radius 1 is 0.927 bits per heavy atom. The molecule has 3 aromatic rings. The first kappa shape index (κ1) is 32.2. The van der Waals surface area contributed by atoms with Crippen LogP contribution in [0.25, 0.3) is 0 Å². The van der Waals surface area contributed by atoms with Crippen molar-refractivity contribution in [3.8, 4) is 5.75 Å². The van der Waals surface area contributed by atoms with E-state index in [0.29, 0.717) is 40.2 Å².